The predicted molar refractivity (Wildman–Crippen MR) is 74.6 cm³/mol. The van der Waals surface area contributed by atoms with Crippen LogP contribution in [0.2, 0.25) is 0 Å². The highest BCUT2D eigenvalue weighted by Crippen LogP contribution is 2.16. The van der Waals surface area contributed by atoms with E-state index in [1.807, 2.05) is 25.1 Å². The molecule has 2 aromatic rings. The van der Waals surface area contributed by atoms with Crippen molar-refractivity contribution >= 4 is 11.6 Å². The molecule has 1 aromatic heterocycles. The van der Waals surface area contributed by atoms with Gasteiger partial charge in [-0.25, -0.2) is 0 Å². The number of nitrogens with one attached hydrogen (secondary N) is 2. The highest BCUT2D eigenvalue weighted by Gasteiger charge is 2.04. The first-order valence-electron chi connectivity index (χ1n) is 6.24. The topological polar surface area (TPSA) is 76.4 Å². The van der Waals surface area contributed by atoms with Gasteiger partial charge in [-0.15, -0.1) is 0 Å². The molecule has 0 spiro atoms. The molecule has 2 N–H and O–H groups in total. The molecular formula is C14H17N3O3. The Kier molecular flexibility index (Phi) is 4.73. The van der Waals surface area contributed by atoms with Crippen LogP contribution >= 0.6 is 0 Å². The van der Waals surface area contributed by atoms with Gasteiger partial charge in [0.2, 0.25) is 5.91 Å². The molecule has 0 unspecified atom stereocenters. The summed E-state index contributed by atoms with van der Waals surface area (Å²) < 4.78 is 10.1. The molecule has 0 saturated carbocycles. The summed E-state index contributed by atoms with van der Waals surface area (Å²) in [4.78, 5) is 11.7. The quantitative estimate of drug-likeness (QED) is 0.839. The van der Waals surface area contributed by atoms with Gasteiger partial charge in [-0.3, -0.25) is 4.79 Å². The molecule has 2 rings (SSSR count). The van der Waals surface area contributed by atoms with Crippen LogP contribution in [0.1, 0.15) is 11.5 Å². The van der Waals surface area contributed by atoms with E-state index in [1.165, 1.54) is 0 Å². The lowest BCUT2D eigenvalue weighted by Crippen LogP contribution is -2.27. The summed E-state index contributed by atoms with van der Waals surface area (Å²) in [5.74, 6) is 1.28. The number of anilines is 1. The number of hydrogen-bond donors (Lipinski definition) is 2. The molecule has 6 nitrogen and oxygen atoms in total. The minimum Gasteiger partial charge on any atom is -0.497 e. The Balaban J connectivity index is 1.77. The van der Waals surface area contributed by atoms with Crippen molar-refractivity contribution in [3.05, 3.63) is 41.8 Å². The fourth-order valence-corrected chi connectivity index (χ4v) is 1.70. The van der Waals surface area contributed by atoms with Gasteiger partial charge in [0.25, 0.3) is 0 Å². The second kappa shape index (κ2) is 6.72. The molecule has 0 saturated heterocycles. The Hall–Kier alpha value is -2.34. The van der Waals surface area contributed by atoms with Crippen LogP contribution in [0.15, 0.2) is 34.9 Å². The van der Waals surface area contributed by atoms with Gasteiger partial charge in [0.15, 0.2) is 5.76 Å². The third-order valence-corrected chi connectivity index (χ3v) is 2.62. The number of rotatable bonds is 6. The fourth-order valence-electron chi connectivity index (χ4n) is 1.70. The van der Waals surface area contributed by atoms with Crippen molar-refractivity contribution in [2.24, 2.45) is 0 Å². The molecule has 0 radical (unpaired) electrons. The molecule has 106 valence electrons. The van der Waals surface area contributed by atoms with Gasteiger partial charge >= 0.3 is 0 Å². The number of ether oxygens (including phenoxy) is 1. The van der Waals surface area contributed by atoms with Crippen LogP contribution < -0.4 is 15.4 Å². The highest BCUT2D eigenvalue weighted by molar-refractivity contribution is 5.92. The molecular weight excluding hydrogens is 258 g/mol. The zero-order valence-corrected chi connectivity index (χ0v) is 11.5. The maximum absolute atomic E-state index is 11.7. The van der Waals surface area contributed by atoms with Crippen molar-refractivity contribution in [3.8, 4) is 5.75 Å². The van der Waals surface area contributed by atoms with Crippen LogP contribution in [0, 0.1) is 6.92 Å². The van der Waals surface area contributed by atoms with E-state index in [4.69, 9.17) is 9.26 Å². The zero-order chi connectivity index (χ0) is 14.4. The smallest absolute Gasteiger partial charge is 0.238 e. The summed E-state index contributed by atoms with van der Waals surface area (Å²) in [6, 6.07) is 9.03. The van der Waals surface area contributed by atoms with Gasteiger partial charge in [0, 0.05) is 17.8 Å². The van der Waals surface area contributed by atoms with Gasteiger partial charge < -0.3 is 19.9 Å². The molecule has 0 fully saturated rings. The number of benzene rings is 1. The number of nitrogens with zero attached hydrogens (tertiary/aromatic N) is 1. The third kappa shape index (κ3) is 4.10. The van der Waals surface area contributed by atoms with Gasteiger partial charge in [-0.1, -0.05) is 11.2 Å². The molecule has 1 aromatic carbocycles. The summed E-state index contributed by atoms with van der Waals surface area (Å²) >= 11 is 0. The molecule has 0 aliphatic rings. The summed E-state index contributed by atoms with van der Waals surface area (Å²) in [6.07, 6.45) is 0. The Bertz CT molecular complexity index is 581. The monoisotopic (exact) mass is 275 g/mol. The number of hydrogen-bond acceptors (Lipinski definition) is 5. The van der Waals surface area contributed by atoms with E-state index in [9.17, 15) is 4.79 Å². The Morgan fingerprint density at radius 1 is 1.40 bits per heavy atom. The van der Waals surface area contributed by atoms with Crippen LogP contribution in [0.3, 0.4) is 0 Å². The van der Waals surface area contributed by atoms with Gasteiger partial charge in [-0.2, -0.15) is 0 Å². The highest BCUT2D eigenvalue weighted by atomic mass is 16.5. The second-order valence-electron chi connectivity index (χ2n) is 4.32. The first kappa shape index (κ1) is 14.1. The first-order chi connectivity index (χ1) is 9.67. The van der Waals surface area contributed by atoms with Crippen LogP contribution in [0.4, 0.5) is 5.69 Å². The molecule has 0 aliphatic heterocycles. The SMILES string of the molecule is COc1cccc(NC(=O)CNCc2cc(C)no2)c1. The molecule has 1 amide bonds. The average molecular weight is 275 g/mol. The Morgan fingerprint density at radius 3 is 2.95 bits per heavy atom. The summed E-state index contributed by atoms with van der Waals surface area (Å²) in [5.41, 5.74) is 1.52. The lowest BCUT2D eigenvalue weighted by Gasteiger charge is -2.07. The predicted octanol–water partition coefficient (Wildman–Crippen LogP) is 1.72. The van der Waals surface area contributed by atoms with Crippen LogP contribution in [-0.2, 0) is 11.3 Å². The standard InChI is InChI=1S/C14H17N3O3/c1-10-6-13(20-17-10)8-15-9-14(18)16-11-4-3-5-12(7-11)19-2/h3-7,15H,8-9H2,1-2H3,(H,16,18). The number of methoxy groups -OCH3 is 1. The van der Waals surface area contributed by atoms with Crippen molar-refractivity contribution in [2.75, 3.05) is 19.0 Å². The van der Waals surface area contributed by atoms with Crippen molar-refractivity contribution in [1.29, 1.82) is 0 Å². The normalized spacial score (nSPS) is 10.3. The van der Waals surface area contributed by atoms with Crippen molar-refractivity contribution in [2.45, 2.75) is 13.5 Å². The van der Waals surface area contributed by atoms with Crippen molar-refractivity contribution < 1.29 is 14.1 Å². The van der Waals surface area contributed by atoms with E-state index in [-0.39, 0.29) is 12.5 Å². The van der Waals surface area contributed by atoms with Crippen molar-refractivity contribution in [1.82, 2.24) is 10.5 Å². The molecule has 20 heavy (non-hydrogen) atoms. The number of carbonyl (C=O) groups excluding carboxylic acids is 1. The summed E-state index contributed by atoms with van der Waals surface area (Å²) in [5, 5.41) is 9.54. The van der Waals surface area contributed by atoms with Crippen LogP contribution in [0.25, 0.3) is 0 Å². The number of aryl methyl sites for hydroxylation is 1. The van der Waals surface area contributed by atoms with Gasteiger partial charge in [0.05, 0.1) is 25.9 Å². The maximum atomic E-state index is 11.7. The number of carbonyl (C=O) groups is 1. The molecule has 0 aliphatic carbocycles. The van der Waals surface area contributed by atoms with E-state index in [0.29, 0.717) is 23.7 Å². The minimum absolute atomic E-state index is 0.130. The van der Waals surface area contributed by atoms with Crippen LogP contribution in [-0.4, -0.2) is 24.7 Å². The van der Waals surface area contributed by atoms with Gasteiger partial charge in [-0.05, 0) is 19.1 Å². The molecule has 0 atom stereocenters. The van der Waals surface area contributed by atoms with E-state index >= 15 is 0 Å². The van der Waals surface area contributed by atoms with Gasteiger partial charge in [0.1, 0.15) is 5.75 Å². The van der Waals surface area contributed by atoms with Crippen molar-refractivity contribution in [3.63, 3.8) is 0 Å². The molecule has 6 heteroatoms. The lowest BCUT2D eigenvalue weighted by molar-refractivity contribution is -0.115. The average Bonchev–Trinajstić information content (AvgIpc) is 2.84. The lowest BCUT2D eigenvalue weighted by atomic mass is 10.3. The molecule has 1 heterocycles. The number of aromatic nitrogens is 1. The van der Waals surface area contributed by atoms with Crippen LogP contribution in [0.5, 0.6) is 5.75 Å². The zero-order valence-electron chi connectivity index (χ0n) is 11.5. The fraction of sp³-hybridized carbons (Fsp3) is 0.286. The number of amides is 1. The summed E-state index contributed by atoms with van der Waals surface area (Å²) in [6.45, 7) is 2.51. The Morgan fingerprint density at radius 2 is 2.25 bits per heavy atom. The van der Waals surface area contributed by atoms with E-state index in [0.717, 1.165) is 5.69 Å². The largest absolute Gasteiger partial charge is 0.497 e. The first-order valence-corrected chi connectivity index (χ1v) is 6.24. The maximum Gasteiger partial charge on any atom is 0.238 e. The molecule has 0 bridgehead atoms. The minimum atomic E-state index is -0.130. The second-order valence-corrected chi connectivity index (χ2v) is 4.32. The van der Waals surface area contributed by atoms with E-state index < -0.39 is 0 Å². The third-order valence-electron chi connectivity index (χ3n) is 2.62. The van der Waals surface area contributed by atoms with E-state index in [2.05, 4.69) is 15.8 Å². The summed E-state index contributed by atoms with van der Waals surface area (Å²) in [7, 11) is 1.59. The van der Waals surface area contributed by atoms with E-state index in [1.54, 1.807) is 19.2 Å². The Labute approximate surface area is 117 Å².